The van der Waals surface area contributed by atoms with Crippen LogP contribution in [0.15, 0.2) is 26.8 Å². The molecule has 1 aromatic rings. The molecule has 1 aromatic heterocycles. The Bertz CT molecular complexity index is 1600. The molecule has 51 heavy (non-hydrogen) atoms. The second-order valence-corrected chi connectivity index (χ2v) is 14.7. The van der Waals surface area contributed by atoms with Gasteiger partial charge >= 0.3 is 17.9 Å². The van der Waals surface area contributed by atoms with Gasteiger partial charge in [0.15, 0.2) is 5.84 Å². The van der Waals surface area contributed by atoms with Gasteiger partial charge in [0, 0.05) is 19.5 Å². The van der Waals surface area contributed by atoms with Gasteiger partial charge in [0.05, 0.1) is 11.3 Å². The van der Waals surface area contributed by atoms with E-state index < -0.39 is 42.9 Å². The van der Waals surface area contributed by atoms with Crippen molar-refractivity contribution in [2.75, 3.05) is 18.5 Å². The fourth-order valence-corrected chi connectivity index (χ4v) is 7.96. The zero-order chi connectivity index (χ0) is 37.0. The van der Waals surface area contributed by atoms with Crippen molar-refractivity contribution in [1.82, 2.24) is 4.98 Å². The van der Waals surface area contributed by atoms with E-state index in [1.165, 1.54) is 6.92 Å². The molecule has 0 aromatic carbocycles. The van der Waals surface area contributed by atoms with E-state index in [0.717, 1.165) is 25.7 Å². The third-order valence-electron chi connectivity index (χ3n) is 9.93. The normalized spacial score (nSPS) is 28.9. The molecule has 0 bridgehead atoms. The number of aliphatic hydroxyl groups excluding tert-OH is 1. The minimum absolute atomic E-state index is 0. The maximum absolute atomic E-state index is 13.8. The topological polar surface area (TPSA) is 187 Å². The van der Waals surface area contributed by atoms with E-state index in [0.29, 0.717) is 28.7 Å². The van der Waals surface area contributed by atoms with Crippen LogP contribution in [0.3, 0.4) is 0 Å². The van der Waals surface area contributed by atoms with Crippen LogP contribution in [0.4, 0.5) is 5.82 Å². The van der Waals surface area contributed by atoms with E-state index in [9.17, 15) is 24.3 Å². The largest absolute Gasteiger partial charge is 0.495 e. The number of nitrogens with one attached hydrogen (secondary N) is 1. The molecule has 3 aliphatic rings. The first-order valence-corrected chi connectivity index (χ1v) is 17.4. The first-order chi connectivity index (χ1) is 23.5. The van der Waals surface area contributed by atoms with Gasteiger partial charge in [-0.2, -0.15) is 4.99 Å². The average Bonchev–Trinajstić information content (AvgIpc) is 3.46. The summed E-state index contributed by atoms with van der Waals surface area (Å²) in [5, 5.41) is 22.0. The molecule has 2 aliphatic carbocycles. The summed E-state index contributed by atoms with van der Waals surface area (Å²) in [7, 11) is 0. The smallest absolute Gasteiger partial charge is 0.342 e. The second kappa shape index (κ2) is 17.7. The predicted octanol–water partition coefficient (Wildman–Crippen LogP) is 5.88. The Balaban J connectivity index is 0.00000702. The number of aliphatic hydroxyl groups is 1. The van der Waals surface area contributed by atoms with Gasteiger partial charge in [0.1, 0.15) is 36.9 Å². The number of amides is 1. The summed E-state index contributed by atoms with van der Waals surface area (Å²) in [4.78, 5) is 63.8. The molecule has 1 aliphatic heterocycles. The minimum Gasteiger partial charge on any atom is -0.495 e. The molecule has 4 atom stereocenters. The second-order valence-electron chi connectivity index (χ2n) is 14.7. The zero-order valence-electron chi connectivity index (χ0n) is 31.2. The molecule has 13 nitrogen and oxygen atoms in total. The molecule has 4 unspecified atom stereocenters. The summed E-state index contributed by atoms with van der Waals surface area (Å²) in [6, 6.07) is 0. The fraction of sp³-hybridized carbons (Fsp3) is 0.622. The fourth-order valence-electron chi connectivity index (χ4n) is 7.96. The van der Waals surface area contributed by atoms with Gasteiger partial charge in [-0.15, -0.1) is 0 Å². The van der Waals surface area contributed by atoms with E-state index in [1.54, 1.807) is 19.9 Å². The van der Waals surface area contributed by atoms with Gasteiger partial charge < -0.3 is 34.7 Å². The third-order valence-corrected chi connectivity index (χ3v) is 9.93. The number of hydrogen-bond acceptors (Lipinski definition) is 9. The summed E-state index contributed by atoms with van der Waals surface area (Å²) in [6.45, 7) is 16.1. The summed E-state index contributed by atoms with van der Waals surface area (Å²) >= 11 is 0. The van der Waals surface area contributed by atoms with Crippen molar-refractivity contribution >= 4 is 47.4 Å². The van der Waals surface area contributed by atoms with Crippen molar-refractivity contribution < 1.29 is 63.1 Å². The number of anilines is 1. The number of aromatic nitrogens is 1. The Kier molecular flexibility index (Phi) is 14.5. The van der Waals surface area contributed by atoms with Crippen LogP contribution < -0.4 is 10.3 Å². The monoisotopic (exact) mass is 759 g/mol. The number of amidine groups is 1. The maximum atomic E-state index is 13.8. The number of ether oxygens (including phenoxy) is 3. The van der Waals surface area contributed by atoms with Crippen molar-refractivity contribution in [2.45, 2.75) is 100 Å². The van der Waals surface area contributed by atoms with Crippen LogP contribution in [0, 0.1) is 42.4 Å². The Morgan fingerprint density at radius 2 is 1.37 bits per heavy atom. The Labute approximate surface area is 312 Å². The number of carboxylic acids is 1. The van der Waals surface area contributed by atoms with Crippen LogP contribution in [-0.2, 0) is 48.1 Å². The number of carbonyl (C=O) groups excluding carboxylic acids is 3. The molecule has 0 spiro atoms. The molecule has 0 saturated heterocycles. The van der Waals surface area contributed by atoms with E-state index in [-0.39, 0.29) is 83.8 Å². The Morgan fingerprint density at radius 1 is 0.863 bits per heavy atom. The number of carboxylic acid groups (broad SMARTS) is 1. The molecule has 3 N–H and O–H groups in total. The molecule has 2 saturated carbocycles. The average molecular weight is 761 g/mol. The first kappa shape index (κ1) is 41.8. The Hall–Kier alpha value is -3.64. The molecule has 2 fully saturated rings. The van der Waals surface area contributed by atoms with Crippen molar-refractivity contribution in [3.05, 3.63) is 33.7 Å². The van der Waals surface area contributed by atoms with Crippen LogP contribution in [0.2, 0.25) is 0 Å². The van der Waals surface area contributed by atoms with Crippen molar-refractivity contribution in [1.29, 1.82) is 0 Å². The molecule has 1 amide bonds. The number of rotatable bonds is 10. The number of allylic oxidation sites excluding steroid dienone is 1. The Morgan fingerprint density at radius 3 is 1.86 bits per heavy atom. The van der Waals surface area contributed by atoms with E-state index in [2.05, 4.69) is 61.8 Å². The standard InChI is InChI=1S/C37H52N4O9.Zn/c1-17-10-19(3)32(20(4)11-17)49-36(46)30-23(7)26(39-34(30)38-25(9)42)14-27-24(8)31(35(40-27)41-28(43)15-48-16-29(44)45)37(47)50-33-21(5)12-18(2)13-22(33)6;/h14,17-22,32-33H,10-13,15-16H2,1-9H3,(H4,38,39,40,41,42,43,44,45,46,47);/p-1. The molecule has 2 heterocycles. The third kappa shape index (κ3) is 10.2. The van der Waals surface area contributed by atoms with Gasteiger partial charge in [0.25, 0.3) is 0 Å². The van der Waals surface area contributed by atoms with Crippen LogP contribution in [-0.4, -0.2) is 71.2 Å². The van der Waals surface area contributed by atoms with Crippen molar-refractivity contribution in [3.8, 4) is 0 Å². The molecule has 14 heteroatoms. The molecule has 276 valence electrons. The number of carbonyl (C=O) groups is 4. The van der Waals surface area contributed by atoms with Gasteiger partial charge in [-0.1, -0.05) is 41.5 Å². The molecule has 4 rings (SSSR count). The van der Waals surface area contributed by atoms with E-state index in [1.807, 2.05) is 0 Å². The number of nitrogens with zero attached hydrogens (tertiary/aromatic N) is 3. The molecule has 0 radical (unpaired) electrons. The van der Waals surface area contributed by atoms with Crippen LogP contribution in [0.25, 0.3) is 6.08 Å². The molecular formula is C37H51N4O9Zn-. The van der Waals surface area contributed by atoms with Gasteiger partial charge in [0.2, 0.25) is 5.90 Å². The van der Waals surface area contributed by atoms with E-state index in [4.69, 9.17) is 19.3 Å². The number of aliphatic imine (C=N–C) groups is 2. The van der Waals surface area contributed by atoms with Crippen molar-refractivity contribution in [3.63, 3.8) is 0 Å². The van der Waals surface area contributed by atoms with Crippen LogP contribution in [0.5, 0.6) is 0 Å². The SMILES string of the molecule is CC(=O)Nc1[n-]c(C=C2N=C(N=C(O)COCC(=O)O)C(C(=O)OC3C(C)CC(C)CC3C)=C2C)c(C)c1C(=O)OC1C(C)CC(C)CC1C.[Zn]. The zero-order valence-corrected chi connectivity index (χ0v) is 34.2. The minimum atomic E-state index is -1.22. The van der Waals surface area contributed by atoms with Gasteiger partial charge in [-0.3, -0.25) is 4.79 Å². The van der Waals surface area contributed by atoms with E-state index >= 15 is 0 Å². The van der Waals surface area contributed by atoms with Crippen LogP contribution >= 0.6 is 0 Å². The van der Waals surface area contributed by atoms with Gasteiger partial charge in [-0.05, 0) is 111 Å². The summed E-state index contributed by atoms with van der Waals surface area (Å²) in [5.74, 6) is -1.93. The van der Waals surface area contributed by atoms with Crippen LogP contribution in [0.1, 0.15) is 103 Å². The molecular weight excluding hydrogens is 710 g/mol. The summed E-state index contributed by atoms with van der Waals surface area (Å²) in [5.41, 5.74) is 1.58. The quantitative estimate of drug-likeness (QED) is 0.113. The van der Waals surface area contributed by atoms with Crippen molar-refractivity contribution in [2.24, 2.45) is 45.5 Å². The number of hydrogen-bond donors (Lipinski definition) is 3. The first-order valence-electron chi connectivity index (χ1n) is 17.4. The summed E-state index contributed by atoms with van der Waals surface area (Å²) < 4.78 is 17.1. The summed E-state index contributed by atoms with van der Waals surface area (Å²) in [6.07, 6.45) is 4.64. The number of aliphatic carboxylic acids is 1. The maximum Gasteiger partial charge on any atom is 0.342 e. The number of esters is 2. The van der Waals surface area contributed by atoms with Gasteiger partial charge in [-0.25, -0.2) is 19.4 Å². The predicted molar refractivity (Wildman–Crippen MR) is 188 cm³/mol.